The number of aromatic nitrogens is 4. The van der Waals surface area contributed by atoms with E-state index in [1.165, 1.54) is 11.8 Å². The van der Waals surface area contributed by atoms with Gasteiger partial charge in [-0.25, -0.2) is 9.97 Å². The van der Waals surface area contributed by atoms with E-state index in [1.807, 2.05) is 13.8 Å². The molecule has 0 saturated carbocycles. The summed E-state index contributed by atoms with van der Waals surface area (Å²) in [5, 5.41) is 1.37. The van der Waals surface area contributed by atoms with E-state index in [4.69, 9.17) is 11.6 Å². The summed E-state index contributed by atoms with van der Waals surface area (Å²) >= 11 is 7.28. The topological polar surface area (TPSA) is 52.7 Å². The van der Waals surface area contributed by atoms with E-state index >= 15 is 0 Å². The summed E-state index contributed by atoms with van der Waals surface area (Å²) in [6.45, 7) is 1.75. The molecule has 0 aliphatic carbocycles. The van der Waals surface area contributed by atoms with Crippen molar-refractivity contribution in [1.82, 2.24) is 19.1 Å². The lowest BCUT2D eigenvalue weighted by atomic mass is 10.2. The molecule has 0 aliphatic heterocycles. The quantitative estimate of drug-likeness (QED) is 0.278. The fourth-order valence-corrected chi connectivity index (χ4v) is 4.46. The fourth-order valence-electron chi connectivity index (χ4n) is 3.35. The van der Waals surface area contributed by atoms with Gasteiger partial charge >= 0.3 is 6.55 Å². The molecule has 30 heavy (non-hydrogen) atoms. The predicted molar refractivity (Wildman–Crippen MR) is 116 cm³/mol. The number of hydrogen-bond donors (Lipinski definition) is 0. The lowest BCUT2D eigenvalue weighted by molar-refractivity contribution is 0.0722. The Balaban J connectivity index is 1.77. The molecule has 2 aromatic heterocycles. The van der Waals surface area contributed by atoms with Crippen LogP contribution in [0.2, 0.25) is 5.02 Å². The molecule has 5 nitrogen and oxygen atoms in total. The van der Waals surface area contributed by atoms with E-state index in [2.05, 4.69) is 9.97 Å². The van der Waals surface area contributed by atoms with Crippen molar-refractivity contribution in [3.63, 3.8) is 0 Å². The largest absolute Gasteiger partial charge is 0.320 e. The van der Waals surface area contributed by atoms with Gasteiger partial charge in [0.2, 0.25) is 0 Å². The Labute approximate surface area is 180 Å². The average Bonchev–Trinajstić information content (AvgIpc) is 3.07. The first-order chi connectivity index (χ1) is 14.3. The highest BCUT2D eigenvalue weighted by Gasteiger charge is 2.19. The van der Waals surface area contributed by atoms with E-state index in [1.54, 1.807) is 47.0 Å². The van der Waals surface area contributed by atoms with Gasteiger partial charge in [-0.3, -0.25) is 13.9 Å². The van der Waals surface area contributed by atoms with Gasteiger partial charge in [-0.2, -0.15) is 8.78 Å². The number of imidazole rings is 1. The van der Waals surface area contributed by atoms with Gasteiger partial charge in [0.05, 0.1) is 27.7 Å². The third-order valence-electron chi connectivity index (χ3n) is 4.62. The maximum absolute atomic E-state index is 13.7. The van der Waals surface area contributed by atoms with E-state index in [-0.39, 0.29) is 23.1 Å². The summed E-state index contributed by atoms with van der Waals surface area (Å²) in [6.07, 6.45) is 0. The molecule has 0 amide bonds. The molecule has 0 bridgehead atoms. The summed E-state index contributed by atoms with van der Waals surface area (Å²) in [5.41, 5.74) is 1.22. The molecule has 0 saturated heterocycles. The van der Waals surface area contributed by atoms with Crippen LogP contribution in [-0.2, 0) is 12.3 Å². The second-order valence-electron chi connectivity index (χ2n) is 7.32. The van der Waals surface area contributed by atoms with E-state index in [9.17, 15) is 13.6 Å². The average molecular weight is 449 g/mol. The van der Waals surface area contributed by atoms with Gasteiger partial charge in [-0.1, -0.05) is 49.3 Å². The maximum Gasteiger partial charge on any atom is 0.320 e. The molecule has 0 spiro atoms. The standard InChI is InChI=1S/C21H19ClF2N4OS/c1-12(2)10-27-19(29)14-9-13(22)7-8-15(14)26-21(27)30-11-18-25-16-5-3-4-6-17(16)28(18)20(23)24/h3-9,12,20H,10-11H2,1-2H3. The number of rotatable bonds is 6. The minimum Gasteiger partial charge on any atom is -0.287 e. The Hall–Kier alpha value is -2.45. The summed E-state index contributed by atoms with van der Waals surface area (Å²) < 4.78 is 29.9. The summed E-state index contributed by atoms with van der Waals surface area (Å²) in [5.74, 6) is 0.590. The Morgan fingerprint density at radius 3 is 2.60 bits per heavy atom. The maximum atomic E-state index is 13.7. The van der Waals surface area contributed by atoms with Crippen molar-refractivity contribution in [2.45, 2.75) is 37.9 Å². The molecule has 0 aliphatic rings. The van der Waals surface area contributed by atoms with Crippen LogP contribution in [0, 0.1) is 5.92 Å². The Bertz CT molecular complexity index is 1290. The first kappa shape index (κ1) is 20.8. The van der Waals surface area contributed by atoms with E-state index < -0.39 is 6.55 Å². The highest BCUT2D eigenvalue weighted by atomic mass is 35.5. The molecule has 0 radical (unpaired) electrons. The van der Waals surface area contributed by atoms with E-state index in [0.29, 0.717) is 38.7 Å². The van der Waals surface area contributed by atoms with Crippen LogP contribution < -0.4 is 5.56 Å². The van der Waals surface area contributed by atoms with Crippen LogP contribution in [0.4, 0.5) is 8.78 Å². The number of halogens is 3. The zero-order chi connectivity index (χ0) is 21.4. The SMILES string of the molecule is CC(C)Cn1c(SCc2nc3ccccc3n2C(F)F)nc2ccc(Cl)cc2c1=O. The molecule has 0 fully saturated rings. The van der Waals surface area contributed by atoms with Crippen molar-refractivity contribution < 1.29 is 8.78 Å². The predicted octanol–water partition coefficient (Wildman–Crippen LogP) is 5.74. The van der Waals surface area contributed by atoms with Crippen molar-refractivity contribution >= 4 is 45.3 Å². The zero-order valence-corrected chi connectivity index (χ0v) is 17.9. The number of fused-ring (bicyclic) bond motifs is 2. The van der Waals surface area contributed by atoms with Crippen LogP contribution in [0.5, 0.6) is 0 Å². The van der Waals surface area contributed by atoms with Gasteiger partial charge in [-0.15, -0.1) is 0 Å². The third kappa shape index (κ3) is 3.94. The van der Waals surface area contributed by atoms with Crippen LogP contribution in [-0.4, -0.2) is 19.1 Å². The smallest absolute Gasteiger partial charge is 0.287 e. The lowest BCUT2D eigenvalue weighted by Crippen LogP contribution is -2.25. The number of benzene rings is 2. The normalized spacial score (nSPS) is 12.0. The highest BCUT2D eigenvalue weighted by molar-refractivity contribution is 7.98. The molecule has 2 aromatic carbocycles. The second kappa shape index (κ2) is 8.35. The second-order valence-corrected chi connectivity index (χ2v) is 8.70. The third-order valence-corrected chi connectivity index (χ3v) is 5.83. The monoisotopic (exact) mass is 448 g/mol. The molecule has 156 valence electrons. The summed E-state index contributed by atoms with van der Waals surface area (Å²) in [4.78, 5) is 22.1. The Kier molecular flexibility index (Phi) is 5.79. The van der Waals surface area contributed by atoms with Crippen LogP contribution in [0.15, 0.2) is 52.4 Å². The minimum atomic E-state index is -2.71. The molecule has 2 heterocycles. The highest BCUT2D eigenvalue weighted by Crippen LogP contribution is 2.28. The van der Waals surface area contributed by atoms with Crippen molar-refractivity contribution in [2.75, 3.05) is 0 Å². The van der Waals surface area contributed by atoms with E-state index in [0.717, 1.165) is 4.57 Å². The van der Waals surface area contributed by atoms with Gasteiger partial charge in [0.1, 0.15) is 5.82 Å². The minimum absolute atomic E-state index is 0.155. The molecule has 4 rings (SSSR count). The lowest BCUT2D eigenvalue weighted by Gasteiger charge is -2.15. The summed E-state index contributed by atoms with van der Waals surface area (Å²) in [7, 11) is 0. The number of para-hydroxylation sites is 2. The molecule has 4 aromatic rings. The first-order valence-corrected chi connectivity index (χ1v) is 10.8. The number of nitrogens with zero attached hydrogens (tertiary/aromatic N) is 4. The zero-order valence-electron chi connectivity index (χ0n) is 16.3. The fraction of sp³-hybridized carbons (Fsp3) is 0.286. The van der Waals surface area contributed by atoms with Gasteiger partial charge in [0.15, 0.2) is 5.16 Å². The summed E-state index contributed by atoms with van der Waals surface area (Å²) in [6, 6.07) is 11.8. The van der Waals surface area contributed by atoms with Crippen LogP contribution in [0.1, 0.15) is 26.2 Å². The van der Waals surface area contributed by atoms with Gasteiger partial charge < -0.3 is 0 Å². The number of hydrogen-bond acceptors (Lipinski definition) is 4. The first-order valence-electron chi connectivity index (χ1n) is 9.42. The Morgan fingerprint density at radius 2 is 1.87 bits per heavy atom. The van der Waals surface area contributed by atoms with Crippen molar-refractivity contribution in [3.8, 4) is 0 Å². The van der Waals surface area contributed by atoms with Gasteiger partial charge in [0, 0.05) is 11.6 Å². The molecular weight excluding hydrogens is 430 g/mol. The van der Waals surface area contributed by atoms with Crippen molar-refractivity contribution in [1.29, 1.82) is 0 Å². The van der Waals surface area contributed by atoms with Crippen LogP contribution in [0.25, 0.3) is 21.9 Å². The van der Waals surface area contributed by atoms with Crippen LogP contribution in [0.3, 0.4) is 0 Å². The van der Waals surface area contributed by atoms with Crippen molar-refractivity contribution in [3.05, 3.63) is 63.7 Å². The number of thioether (sulfide) groups is 1. The molecular formula is C21H19ClF2N4OS. The van der Waals surface area contributed by atoms with Crippen LogP contribution >= 0.6 is 23.4 Å². The van der Waals surface area contributed by atoms with Crippen molar-refractivity contribution in [2.24, 2.45) is 5.92 Å². The molecule has 9 heteroatoms. The van der Waals surface area contributed by atoms with Gasteiger partial charge in [-0.05, 0) is 36.2 Å². The Morgan fingerprint density at radius 1 is 1.10 bits per heavy atom. The molecule has 0 N–H and O–H groups in total. The van der Waals surface area contributed by atoms with Gasteiger partial charge in [0.25, 0.3) is 5.56 Å². The molecule has 0 atom stereocenters. The molecule has 0 unspecified atom stereocenters. The number of alkyl halides is 2.